The van der Waals surface area contributed by atoms with Crippen LogP contribution in [0.2, 0.25) is 0 Å². The topological polar surface area (TPSA) is 78.8 Å². The van der Waals surface area contributed by atoms with Crippen molar-refractivity contribution in [2.24, 2.45) is 0 Å². The summed E-state index contributed by atoms with van der Waals surface area (Å²) in [5.41, 5.74) is 1.14. The highest BCUT2D eigenvalue weighted by Crippen LogP contribution is 2.18. The fraction of sp³-hybridized carbons (Fsp3) is 0.0714. The number of halogens is 1. The Kier molecular flexibility index (Phi) is 5.00. The van der Waals surface area contributed by atoms with Crippen LogP contribution >= 0.6 is 15.9 Å². The van der Waals surface area contributed by atoms with E-state index >= 15 is 0 Å². The van der Waals surface area contributed by atoms with Crippen LogP contribution in [0.4, 0.5) is 5.69 Å². The van der Waals surface area contributed by atoms with E-state index in [-0.39, 0.29) is 11.4 Å². The van der Waals surface area contributed by atoms with Crippen molar-refractivity contribution in [1.29, 1.82) is 0 Å². The molecule has 0 aliphatic carbocycles. The number of carbonyl (C=O) groups excluding carboxylic acids is 1. The van der Waals surface area contributed by atoms with Crippen LogP contribution in [0.25, 0.3) is 0 Å². The molecular formula is C14H13BBrNO4. The molecule has 0 aliphatic rings. The summed E-state index contributed by atoms with van der Waals surface area (Å²) in [5, 5.41) is 21.1. The third kappa shape index (κ3) is 4.07. The van der Waals surface area contributed by atoms with Gasteiger partial charge in [0.2, 0.25) is 0 Å². The molecule has 0 heterocycles. The lowest BCUT2D eigenvalue weighted by molar-refractivity contribution is 0.102. The van der Waals surface area contributed by atoms with Gasteiger partial charge in [0.25, 0.3) is 5.91 Å². The highest BCUT2D eigenvalue weighted by Gasteiger charge is 2.15. The Morgan fingerprint density at radius 1 is 1.24 bits per heavy atom. The number of hydrogen-bond donors (Lipinski definition) is 3. The van der Waals surface area contributed by atoms with E-state index in [1.807, 2.05) is 0 Å². The first-order valence-corrected chi connectivity index (χ1v) is 6.91. The largest absolute Gasteiger partial charge is 0.497 e. The van der Waals surface area contributed by atoms with E-state index in [4.69, 9.17) is 4.74 Å². The zero-order chi connectivity index (χ0) is 15.4. The van der Waals surface area contributed by atoms with Crippen molar-refractivity contribution >= 4 is 40.1 Å². The second kappa shape index (κ2) is 6.75. The first-order chi connectivity index (χ1) is 9.99. The summed E-state index contributed by atoms with van der Waals surface area (Å²) in [6, 6.07) is 11.5. The van der Waals surface area contributed by atoms with E-state index in [1.54, 1.807) is 37.4 Å². The van der Waals surface area contributed by atoms with Crippen molar-refractivity contribution in [2.75, 3.05) is 12.4 Å². The third-order valence-electron chi connectivity index (χ3n) is 2.81. The van der Waals surface area contributed by atoms with E-state index in [1.165, 1.54) is 12.1 Å². The smallest absolute Gasteiger partial charge is 0.488 e. The number of ether oxygens (including phenoxy) is 1. The quantitative estimate of drug-likeness (QED) is 0.729. The average molecular weight is 350 g/mol. The molecule has 3 N–H and O–H groups in total. The summed E-state index contributed by atoms with van der Waals surface area (Å²) >= 11 is 3.24. The molecule has 0 fully saturated rings. The average Bonchev–Trinajstić information content (AvgIpc) is 2.46. The predicted octanol–water partition coefficient (Wildman–Crippen LogP) is 1.39. The number of nitrogens with one attached hydrogen (secondary N) is 1. The highest BCUT2D eigenvalue weighted by atomic mass is 79.9. The maximum atomic E-state index is 12.2. The molecule has 2 aromatic carbocycles. The molecule has 7 heteroatoms. The summed E-state index contributed by atoms with van der Waals surface area (Å²) in [7, 11) is -0.0877. The highest BCUT2D eigenvalue weighted by molar-refractivity contribution is 9.10. The summed E-state index contributed by atoms with van der Waals surface area (Å²) in [5.74, 6) is 0.278. The molecule has 21 heavy (non-hydrogen) atoms. The van der Waals surface area contributed by atoms with Gasteiger partial charge in [-0.15, -0.1) is 0 Å². The maximum Gasteiger partial charge on any atom is 0.488 e. The molecule has 108 valence electrons. The SMILES string of the molecule is COc1cccc(NC(=O)c2cc(Br)cc(B(O)O)c2)c1. The summed E-state index contributed by atoms with van der Waals surface area (Å²) in [6.07, 6.45) is 0. The van der Waals surface area contributed by atoms with Gasteiger partial charge in [0, 0.05) is 21.8 Å². The molecular weight excluding hydrogens is 337 g/mol. The third-order valence-corrected chi connectivity index (χ3v) is 3.27. The first-order valence-electron chi connectivity index (χ1n) is 6.11. The van der Waals surface area contributed by atoms with Crippen molar-refractivity contribution in [3.05, 3.63) is 52.5 Å². The van der Waals surface area contributed by atoms with E-state index in [2.05, 4.69) is 21.2 Å². The van der Waals surface area contributed by atoms with Crippen LogP contribution in [0, 0.1) is 0 Å². The maximum absolute atomic E-state index is 12.2. The van der Waals surface area contributed by atoms with Gasteiger partial charge in [-0.05, 0) is 35.8 Å². The van der Waals surface area contributed by atoms with Gasteiger partial charge in [-0.2, -0.15) is 0 Å². The number of rotatable bonds is 4. The number of carbonyl (C=O) groups is 1. The summed E-state index contributed by atoms with van der Waals surface area (Å²) in [4.78, 5) is 12.2. The normalized spacial score (nSPS) is 10.1. The molecule has 1 amide bonds. The molecule has 0 unspecified atom stereocenters. The summed E-state index contributed by atoms with van der Waals surface area (Å²) < 4.78 is 5.67. The zero-order valence-electron chi connectivity index (χ0n) is 11.2. The number of amides is 1. The minimum Gasteiger partial charge on any atom is -0.497 e. The van der Waals surface area contributed by atoms with Gasteiger partial charge in [0.1, 0.15) is 5.75 Å². The van der Waals surface area contributed by atoms with Crippen LogP contribution < -0.4 is 15.5 Å². The van der Waals surface area contributed by atoms with Crippen LogP contribution in [0.5, 0.6) is 5.75 Å². The lowest BCUT2D eigenvalue weighted by atomic mass is 9.79. The van der Waals surface area contributed by atoms with Crippen LogP contribution in [0.1, 0.15) is 10.4 Å². The molecule has 0 aliphatic heterocycles. The Bertz CT molecular complexity index is 663. The molecule has 2 aromatic rings. The second-order valence-corrected chi connectivity index (χ2v) is 5.25. The van der Waals surface area contributed by atoms with E-state index in [0.29, 0.717) is 21.5 Å². The van der Waals surface area contributed by atoms with Gasteiger partial charge in [-0.25, -0.2) is 0 Å². The van der Waals surface area contributed by atoms with Crippen molar-refractivity contribution in [2.45, 2.75) is 0 Å². The zero-order valence-corrected chi connectivity index (χ0v) is 12.8. The van der Waals surface area contributed by atoms with Crippen molar-refractivity contribution in [1.82, 2.24) is 0 Å². The predicted molar refractivity (Wildman–Crippen MR) is 84.9 cm³/mol. The van der Waals surface area contributed by atoms with Crippen LogP contribution in [0.3, 0.4) is 0 Å². The Balaban J connectivity index is 2.23. The lowest BCUT2D eigenvalue weighted by Crippen LogP contribution is -2.31. The molecule has 0 spiro atoms. The fourth-order valence-electron chi connectivity index (χ4n) is 1.80. The number of benzene rings is 2. The van der Waals surface area contributed by atoms with Crippen molar-refractivity contribution in [3.63, 3.8) is 0 Å². The molecule has 0 saturated carbocycles. The molecule has 5 nitrogen and oxygen atoms in total. The number of hydrogen-bond acceptors (Lipinski definition) is 4. The first kappa shape index (κ1) is 15.6. The molecule has 0 saturated heterocycles. The molecule has 0 radical (unpaired) electrons. The minimum absolute atomic E-state index is 0.236. The number of methoxy groups -OCH3 is 1. The van der Waals surface area contributed by atoms with Gasteiger partial charge in [-0.1, -0.05) is 22.0 Å². The van der Waals surface area contributed by atoms with Gasteiger partial charge in [0.05, 0.1) is 7.11 Å². The van der Waals surface area contributed by atoms with Crippen molar-refractivity contribution in [3.8, 4) is 5.75 Å². The van der Waals surface area contributed by atoms with Gasteiger partial charge in [-0.3, -0.25) is 4.79 Å². The standard InChI is InChI=1S/C14H13BBrNO4/c1-21-13-4-2-3-12(8-13)17-14(18)9-5-10(15(19)20)7-11(16)6-9/h2-8,19-20H,1H3,(H,17,18). The van der Waals surface area contributed by atoms with Crippen molar-refractivity contribution < 1.29 is 19.6 Å². The van der Waals surface area contributed by atoms with Gasteiger partial charge >= 0.3 is 7.12 Å². The Morgan fingerprint density at radius 2 is 2.00 bits per heavy atom. The van der Waals surface area contributed by atoms with E-state index in [9.17, 15) is 14.8 Å². The molecule has 0 atom stereocenters. The fourth-order valence-corrected chi connectivity index (χ4v) is 2.31. The second-order valence-electron chi connectivity index (χ2n) is 4.33. The van der Waals surface area contributed by atoms with Gasteiger partial charge in [0.15, 0.2) is 0 Å². The van der Waals surface area contributed by atoms with Gasteiger partial charge < -0.3 is 20.1 Å². The lowest BCUT2D eigenvalue weighted by Gasteiger charge is -2.09. The Labute approximate surface area is 130 Å². The van der Waals surface area contributed by atoms with Crippen LogP contribution in [-0.2, 0) is 0 Å². The van der Waals surface area contributed by atoms with Crippen LogP contribution in [-0.4, -0.2) is 30.2 Å². The minimum atomic E-state index is -1.63. The molecule has 0 aromatic heterocycles. The van der Waals surface area contributed by atoms with E-state index in [0.717, 1.165) is 0 Å². The molecule has 2 rings (SSSR count). The Morgan fingerprint density at radius 3 is 2.67 bits per heavy atom. The van der Waals surface area contributed by atoms with Crippen LogP contribution in [0.15, 0.2) is 46.9 Å². The Hall–Kier alpha value is -1.83. The molecule has 0 bridgehead atoms. The van der Waals surface area contributed by atoms with E-state index < -0.39 is 7.12 Å². The monoisotopic (exact) mass is 349 g/mol. The summed E-state index contributed by atoms with van der Waals surface area (Å²) in [6.45, 7) is 0. The number of anilines is 1.